The highest BCUT2D eigenvalue weighted by Crippen LogP contribution is 2.25. The average Bonchev–Trinajstić information content (AvgIpc) is 3.25. The van der Waals surface area contributed by atoms with Crippen molar-refractivity contribution in [3.8, 4) is 5.69 Å². The van der Waals surface area contributed by atoms with Gasteiger partial charge in [0.2, 0.25) is 5.91 Å². The van der Waals surface area contributed by atoms with Crippen LogP contribution in [0.5, 0.6) is 0 Å². The van der Waals surface area contributed by atoms with E-state index in [-0.39, 0.29) is 5.91 Å². The molecule has 4 rings (SSSR count). The van der Waals surface area contributed by atoms with Crippen LogP contribution in [0.3, 0.4) is 0 Å². The first kappa shape index (κ1) is 22.6. The molecule has 1 saturated heterocycles. The summed E-state index contributed by atoms with van der Waals surface area (Å²) in [5, 5.41) is 9.80. The van der Waals surface area contributed by atoms with E-state index in [4.69, 9.17) is 0 Å². The zero-order chi connectivity index (χ0) is 22.3. The molecule has 3 aromatic rings. The van der Waals surface area contributed by atoms with Crippen molar-refractivity contribution in [2.45, 2.75) is 63.6 Å². The third-order valence-corrected chi connectivity index (χ3v) is 7.15. The first-order chi connectivity index (χ1) is 15.7. The van der Waals surface area contributed by atoms with Gasteiger partial charge in [0.15, 0.2) is 5.16 Å². The predicted octanol–water partition coefficient (Wildman–Crippen LogP) is 5.11. The molecule has 0 N–H and O–H groups in total. The Morgan fingerprint density at radius 3 is 2.50 bits per heavy atom. The van der Waals surface area contributed by atoms with Gasteiger partial charge in [0, 0.05) is 24.7 Å². The van der Waals surface area contributed by atoms with Crippen LogP contribution in [0, 0.1) is 0 Å². The molecule has 1 aromatic heterocycles. The van der Waals surface area contributed by atoms with Crippen molar-refractivity contribution in [1.82, 2.24) is 19.7 Å². The van der Waals surface area contributed by atoms with Gasteiger partial charge in [-0.3, -0.25) is 9.36 Å². The van der Waals surface area contributed by atoms with Gasteiger partial charge in [-0.05, 0) is 62.3 Å². The summed E-state index contributed by atoms with van der Waals surface area (Å²) in [5.74, 6) is 1.53. The summed E-state index contributed by atoms with van der Waals surface area (Å²) in [7, 11) is 0. The molecule has 1 aliphatic heterocycles. The van der Waals surface area contributed by atoms with E-state index in [1.807, 2.05) is 11.0 Å². The SMILES string of the molecule is CCc1ccc(-n2c(CCc3ccccc3)nnc2SCC(=O)N2CCCC[C@H]2C)cc1. The number of carbonyl (C=O) groups is 1. The van der Waals surface area contributed by atoms with Gasteiger partial charge in [0.1, 0.15) is 5.82 Å². The molecule has 0 bridgehead atoms. The number of likely N-dealkylation sites (tertiary alicyclic amines) is 1. The highest BCUT2D eigenvalue weighted by atomic mass is 32.2. The maximum atomic E-state index is 12.9. The van der Waals surface area contributed by atoms with Crippen molar-refractivity contribution >= 4 is 17.7 Å². The van der Waals surface area contributed by atoms with E-state index in [0.29, 0.717) is 11.8 Å². The quantitative estimate of drug-likeness (QED) is 0.450. The molecule has 168 valence electrons. The van der Waals surface area contributed by atoms with Gasteiger partial charge in [0.05, 0.1) is 5.75 Å². The summed E-state index contributed by atoms with van der Waals surface area (Å²) >= 11 is 1.50. The lowest BCUT2D eigenvalue weighted by atomic mass is 10.0. The average molecular weight is 449 g/mol. The van der Waals surface area contributed by atoms with Gasteiger partial charge in [-0.2, -0.15) is 0 Å². The fourth-order valence-corrected chi connectivity index (χ4v) is 5.13. The van der Waals surface area contributed by atoms with Crippen LogP contribution in [-0.4, -0.2) is 43.9 Å². The lowest BCUT2D eigenvalue weighted by molar-refractivity contribution is -0.131. The summed E-state index contributed by atoms with van der Waals surface area (Å²) in [6.07, 6.45) is 6.12. The van der Waals surface area contributed by atoms with E-state index in [1.165, 1.54) is 29.3 Å². The Morgan fingerprint density at radius 2 is 1.78 bits per heavy atom. The molecule has 32 heavy (non-hydrogen) atoms. The van der Waals surface area contributed by atoms with E-state index in [0.717, 1.165) is 55.3 Å². The minimum Gasteiger partial charge on any atom is -0.339 e. The molecule has 1 fully saturated rings. The second-order valence-electron chi connectivity index (χ2n) is 8.46. The highest BCUT2D eigenvalue weighted by molar-refractivity contribution is 7.99. The zero-order valence-electron chi connectivity index (χ0n) is 19.0. The number of hydrogen-bond donors (Lipinski definition) is 0. The highest BCUT2D eigenvalue weighted by Gasteiger charge is 2.24. The Bertz CT molecular complexity index is 1020. The molecule has 2 aromatic carbocycles. The summed E-state index contributed by atoms with van der Waals surface area (Å²) in [6.45, 7) is 5.18. The number of rotatable bonds is 8. The number of piperidine rings is 1. The minimum atomic E-state index is 0.198. The Morgan fingerprint density at radius 1 is 1.00 bits per heavy atom. The molecule has 1 aliphatic rings. The maximum Gasteiger partial charge on any atom is 0.233 e. The van der Waals surface area contributed by atoms with Crippen LogP contribution >= 0.6 is 11.8 Å². The standard InChI is InChI=1S/C26H32N4OS/c1-3-21-12-15-23(16-13-21)30-24(17-14-22-10-5-4-6-11-22)27-28-26(30)32-19-25(31)29-18-8-7-9-20(29)2/h4-6,10-13,15-16,20H,3,7-9,14,17-19H2,1-2H3/t20-/m1/s1. The summed E-state index contributed by atoms with van der Waals surface area (Å²) in [5.41, 5.74) is 3.64. The van der Waals surface area contributed by atoms with Gasteiger partial charge in [-0.15, -0.1) is 10.2 Å². The van der Waals surface area contributed by atoms with Crippen LogP contribution in [-0.2, 0) is 24.1 Å². The second kappa shape index (κ2) is 10.8. The van der Waals surface area contributed by atoms with Crippen molar-refractivity contribution < 1.29 is 4.79 Å². The van der Waals surface area contributed by atoms with Crippen molar-refractivity contribution in [2.24, 2.45) is 0 Å². The number of benzene rings is 2. The predicted molar refractivity (Wildman–Crippen MR) is 130 cm³/mol. The number of amides is 1. The van der Waals surface area contributed by atoms with Gasteiger partial charge < -0.3 is 4.90 Å². The van der Waals surface area contributed by atoms with Gasteiger partial charge in [0.25, 0.3) is 0 Å². The molecule has 5 nitrogen and oxygen atoms in total. The van der Waals surface area contributed by atoms with Crippen molar-refractivity contribution in [3.05, 3.63) is 71.5 Å². The van der Waals surface area contributed by atoms with Crippen LogP contribution in [0.1, 0.15) is 50.1 Å². The molecule has 1 atom stereocenters. The summed E-state index contributed by atoms with van der Waals surface area (Å²) in [6, 6.07) is 19.4. The van der Waals surface area contributed by atoms with Gasteiger partial charge in [-0.1, -0.05) is 61.2 Å². The van der Waals surface area contributed by atoms with E-state index >= 15 is 0 Å². The molecule has 0 radical (unpaired) electrons. The van der Waals surface area contributed by atoms with Crippen LogP contribution in [0.2, 0.25) is 0 Å². The molecule has 0 spiro atoms. The lowest BCUT2D eigenvalue weighted by Gasteiger charge is -2.33. The molecule has 6 heteroatoms. The van der Waals surface area contributed by atoms with E-state index < -0.39 is 0 Å². The number of nitrogens with zero attached hydrogens (tertiary/aromatic N) is 4. The third kappa shape index (κ3) is 5.41. The minimum absolute atomic E-state index is 0.198. The van der Waals surface area contributed by atoms with Crippen LogP contribution in [0.15, 0.2) is 59.8 Å². The van der Waals surface area contributed by atoms with E-state index in [1.54, 1.807) is 0 Å². The molecule has 2 heterocycles. The largest absolute Gasteiger partial charge is 0.339 e. The second-order valence-corrected chi connectivity index (χ2v) is 9.40. The summed E-state index contributed by atoms with van der Waals surface area (Å²) < 4.78 is 2.12. The fourth-order valence-electron chi connectivity index (χ4n) is 4.27. The fraction of sp³-hybridized carbons (Fsp3) is 0.423. The van der Waals surface area contributed by atoms with Crippen molar-refractivity contribution in [1.29, 1.82) is 0 Å². The van der Waals surface area contributed by atoms with Crippen LogP contribution < -0.4 is 0 Å². The molecular formula is C26H32N4OS. The first-order valence-electron chi connectivity index (χ1n) is 11.7. The Labute approximate surface area is 195 Å². The monoisotopic (exact) mass is 448 g/mol. The Kier molecular flexibility index (Phi) is 7.63. The normalized spacial score (nSPS) is 16.3. The smallest absolute Gasteiger partial charge is 0.233 e. The third-order valence-electron chi connectivity index (χ3n) is 6.23. The maximum absolute atomic E-state index is 12.9. The number of thioether (sulfide) groups is 1. The number of carbonyl (C=O) groups excluding carboxylic acids is 1. The topological polar surface area (TPSA) is 51.0 Å². The molecule has 0 unspecified atom stereocenters. The Balaban J connectivity index is 1.53. The number of hydrogen-bond acceptors (Lipinski definition) is 4. The first-order valence-corrected chi connectivity index (χ1v) is 12.6. The molecule has 0 aliphatic carbocycles. The van der Waals surface area contributed by atoms with E-state index in [2.05, 4.69) is 77.1 Å². The Hall–Kier alpha value is -2.60. The number of aryl methyl sites for hydroxylation is 3. The van der Waals surface area contributed by atoms with Crippen LogP contribution in [0.4, 0.5) is 0 Å². The number of aromatic nitrogens is 3. The van der Waals surface area contributed by atoms with E-state index in [9.17, 15) is 4.79 Å². The molecular weight excluding hydrogens is 416 g/mol. The lowest BCUT2D eigenvalue weighted by Crippen LogP contribution is -2.42. The van der Waals surface area contributed by atoms with Crippen molar-refractivity contribution in [3.63, 3.8) is 0 Å². The molecule has 1 amide bonds. The summed E-state index contributed by atoms with van der Waals surface area (Å²) in [4.78, 5) is 14.9. The van der Waals surface area contributed by atoms with Crippen molar-refractivity contribution in [2.75, 3.05) is 12.3 Å². The van der Waals surface area contributed by atoms with Gasteiger partial charge in [-0.25, -0.2) is 0 Å². The zero-order valence-corrected chi connectivity index (χ0v) is 19.9. The van der Waals surface area contributed by atoms with Crippen LogP contribution in [0.25, 0.3) is 5.69 Å². The van der Waals surface area contributed by atoms with Gasteiger partial charge >= 0.3 is 0 Å². The molecule has 0 saturated carbocycles.